The van der Waals surface area contributed by atoms with E-state index < -0.39 is 0 Å². The lowest BCUT2D eigenvalue weighted by Gasteiger charge is -2.38. The molecule has 5 nitrogen and oxygen atoms in total. The molecule has 5 heteroatoms. The summed E-state index contributed by atoms with van der Waals surface area (Å²) in [6.07, 6.45) is 6.95. The summed E-state index contributed by atoms with van der Waals surface area (Å²) in [6.45, 7) is 6.30. The average Bonchev–Trinajstić information content (AvgIpc) is 3.35. The topological polar surface area (TPSA) is 44.4 Å². The molecule has 2 heterocycles. The van der Waals surface area contributed by atoms with Crippen LogP contribution >= 0.6 is 0 Å². The monoisotopic (exact) mass is 368 g/mol. The van der Waals surface area contributed by atoms with E-state index in [4.69, 9.17) is 4.74 Å². The Balaban J connectivity index is 1.34. The normalized spacial score (nSPS) is 21.0. The summed E-state index contributed by atoms with van der Waals surface area (Å²) in [4.78, 5) is 5.29. The van der Waals surface area contributed by atoms with Gasteiger partial charge in [-0.2, -0.15) is 5.10 Å². The fourth-order valence-corrected chi connectivity index (χ4v) is 4.81. The zero-order valence-corrected chi connectivity index (χ0v) is 16.4. The molecule has 0 saturated carbocycles. The molecule has 146 valence electrons. The van der Waals surface area contributed by atoms with Crippen molar-refractivity contribution in [1.82, 2.24) is 20.0 Å². The summed E-state index contributed by atoms with van der Waals surface area (Å²) in [7, 11) is 1.79. The number of fused-ring (bicyclic) bond motifs is 1. The van der Waals surface area contributed by atoms with E-state index in [1.807, 2.05) is 6.20 Å². The highest BCUT2D eigenvalue weighted by molar-refractivity contribution is 5.33. The Morgan fingerprint density at radius 3 is 2.74 bits per heavy atom. The van der Waals surface area contributed by atoms with Crippen molar-refractivity contribution < 1.29 is 4.74 Å². The van der Waals surface area contributed by atoms with Gasteiger partial charge in [-0.15, -0.1) is 0 Å². The SMILES string of the molecule is COCCN(Cc1ccn[nH]1)CC1CCCN(C2Cc3ccccc3C2)C1. The first-order valence-electron chi connectivity index (χ1n) is 10.3. The van der Waals surface area contributed by atoms with Gasteiger partial charge in [0.05, 0.1) is 6.61 Å². The number of rotatable bonds is 8. The van der Waals surface area contributed by atoms with Crippen molar-refractivity contribution in [3.63, 3.8) is 0 Å². The number of H-pyrrole nitrogens is 1. The van der Waals surface area contributed by atoms with Gasteiger partial charge in [-0.25, -0.2) is 0 Å². The molecule has 1 N–H and O–H groups in total. The van der Waals surface area contributed by atoms with Crippen LogP contribution in [0.3, 0.4) is 0 Å². The van der Waals surface area contributed by atoms with Crippen LogP contribution in [0.15, 0.2) is 36.5 Å². The highest BCUT2D eigenvalue weighted by Gasteiger charge is 2.31. The Bertz CT molecular complexity index is 677. The molecule has 0 amide bonds. The first-order chi connectivity index (χ1) is 13.3. The zero-order chi connectivity index (χ0) is 18.5. The first kappa shape index (κ1) is 18.7. The summed E-state index contributed by atoms with van der Waals surface area (Å²) < 4.78 is 5.34. The lowest BCUT2D eigenvalue weighted by Crippen LogP contribution is -2.46. The molecule has 1 unspecified atom stereocenters. The number of hydrogen-bond donors (Lipinski definition) is 1. The number of benzene rings is 1. The van der Waals surface area contributed by atoms with E-state index in [9.17, 15) is 0 Å². The third-order valence-electron chi connectivity index (χ3n) is 6.18. The molecule has 0 radical (unpaired) electrons. The van der Waals surface area contributed by atoms with Crippen molar-refractivity contribution in [1.29, 1.82) is 0 Å². The van der Waals surface area contributed by atoms with Crippen LogP contribution in [-0.2, 0) is 24.1 Å². The molecule has 0 bridgehead atoms. The van der Waals surface area contributed by atoms with Gasteiger partial charge in [0, 0.05) is 51.2 Å². The molecular formula is C22H32N4O. The molecular weight excluding hydrogens is 336 g/mol. The van der Waals surface area contributed by atoms with Crippen molar-refractivity contribution >= 4 is 0 Å². The van der Waals surface area contributed by atoms with E-state index >= 15 is 0 Å². The second-order valence-electron chi connectivity index (χ2n) is 8.14. The molecule has 2 aliphatic rings. The maximum absolute atomic E-state index is 5.34. The zero-order valence-electron chi connectivity index (χ0n) is 16.4. The molecule has 4 rings (SSSR count). The minimum Gasteiger partial charge on any atom is -0.383 e. The lowest BCUT2D eigenvalue weighted by atomic mass is 9.95. The maximum atomic E-state index is 5.34. The van der Waals surface area contributed by atoms with Gasteiger partial charge in [0.25, 0.3) is 0 Å². The molecule has 1 aromatic heterocycles. The molecule has 1 saturated heterocycles. The van der Waals surface area contributed by atoms with Crippen LogP contribution in [0.2, 0.25) is 0 Å². The molecule has 27 heavy (non-hydrogen) atoms. The first-order valence-corrected chi connectivity index (χ1v) is 10.3. The number of likely N-dealkylation sites (tertiary alicyclic amines) is 1. The summed E-state index contributed by atoms with van der Waals surface area (Å²) in [5, 5.41) is 7.20. The Hall–Kier alpha value is -1.69. The maximum Gasteiger partial charge on any atom is 0.0589 e. The van der Waals surface area contributed by atoms with Crippen molar-refractivity contribution in [2.75, 3.05) is 39.9 Å². The molecule has 1 aliphatic heterocycles. The van der Waals surface area contributed by atoms with Crippen LogP contribution in [0.4, 0.5) is 0 Å². The van der Waals surface area contributed by atoms with Gasteiger partial charge in [0.1, 0.15) is 0 Å². The van der Waals surface area contributed by atoms with Crippen LogP contribution < -0.4 is 0 Å². The number of methoxy groups -OCH3 is 1. The number of hydrogen-bond acceptors (Lipinski definition) is 4. The molecule has 2 aromatic rings. The van der Waals surface area contributed by atoms with E-state index in [0.717, 1.165) is 32.2 Å². The Labute approximate surface area is 162 Å². The predicted molar refractivity (Wildman–Crippen MR) is 108 cm³/mol. The summed E-state index contributed by atoms with van der Waals surface area (Å²) in [5.74, 6) is 0.738. The predicted octanol–water partition coefficient (Wildman–Crippen LogP) is 2.74. The van der Waals surface area contributed by atoms with E-state index in [0.29, 0.717) is 6.04 Å². The molecule has 1 aromatic carbocycles. The summed E-state index contributed by atoms with van der Waals surface area (Å²) in [5.41, 5.74) is 4.31. The van der Waals surface area contributed by atoms with Crippen molar-refractivity contribution in [3.8, 4) is 0 Å². The number of nitrogens with zero attached hydrogens (tertiary/aromatic N) is 3. The van der Waals surface area contributed by atoms with Crippen LogP contribution in [-0.4, -0.2) is 65.9 Å². The van der Waals surface area contributed by atoms with Crippen LogP contribution in [0.25, 0.3) is 0 Å². The van der Waals surface area contributed by atoms with E-state index in [1.165, 1.54) is 44.5 Å². The minimum absolute atomic E-state index is 0.699. The number of nitrogens with one attached hydrogen (secondary N) is 1. The number of ether oxygens (including phenoxy) is 1. The standard InChI is InChI=1S/C22H32N4O/c1-27-12-11-25(17-21-8-9-23-24-21)15-18-5-4-10-26(16-18)22-13-19-6-2-3-7-20(19)14-22/h2-3,6-9,18,22H,4-5,10-17H2,1H3,(H,23,24). The highest BCUT2D eigenvalue weighted by Crippen LogP contribution is 2.29. The minimum atomic E-state index is 0.699. The molecule has 0 spiro atoms. The van der Waals surface area contributed by atoms with Crippen LogP contribution in [0.5, 0.6) is 0 Å². The van der Waals surface area contributed by atoms with Crippen molar-refractivity contribution in [2.45, 2.75) is 38.3 Å². The van der Waals surface area contributed by atoms with Gasteiger partial charge >= 0.3 is 0 Å². The molecule has 1 atom stereocenters. The second-order valence-corrected chi connectivity index (χ2v) is 8.14. The third-order valence-corrected chi connectivity index (χ3v) is 6.18. The molecule has 1 aliphatic carbocycles. The van der Waals surface area contributed by atoms with Gasteiger partial charge in [-0.3, -0.25) is 14.9 Å². The lowest BCUT2D eigenvalue weighted by molar-refractivity contribution is 0.0839. The van der Waals surface area contributed by atoms with E-state index in [2.05, 4.69) is 50.3 Å². The molecule has 1 fully saturated rings. The van der Waals surface area contributed by atoms with E-state index in [-0.39, 0.29) is 0 Å². The summed E-state index contributed by atoms with van der Waals surface area (Å²) in [6, 6.07) is 11.8. The van der Waals surface area contributed by atoms with Crippen LogP contribution in [0.1, 0.15) is 29.7 Å². The smallest absolute Gasteiger partial charge is 0.0589 e. The van der Waals surface area contributed by atoms with Crippen molar-refractivity contribution in [3.05, 3.63) is 53.3 Å². The van der Waals surface area contributed by atoms with Gasteiger partial charge in [-0.1, -0.05) is 24.3 Å². The Morgan fingerprint density at radius 1 is 1.22 bits per heavy atom. The number of aromatic amines is 1. The number of aromatic nitrogens is 2. The van der Waals surface area contributed by atoms with E-state index in [1.54, 1.807) is 18.2 Å². The quantitative estimate of drug-likeness (QED) is 0.778. The van der Waals surface area contributed by atoms with Crippen molar-refractivity contribution in [2.24, 2.45) is 5.92 Å². The Kier molecular flexibility index (Phi) is 6.22. The fourth-order valence-electron chi connectivity index (χ4n) is 4.81. The highest BCUT2D eigenvalue weighted by atomic mass is 16.5. The Morgan fingerprint density at radius 2 is 2.04 bits per heavy atom. The van der Waals surface area contributed by atoms with Gasteiger partial charge < -0.3 is 4.74 Å². The van der Waals surface area contributed by atoms with Crippen LogP contribution in [0, 0.1) is 5.92 Å². The third kappa shape index (κ3) is 4.78. The largest absolute Gasteiger partial charge is 0.383 e. The van der Waals surface area contributed by atoms with Gasteiger partial charge in [0.2, 0.25) is 0 Å². The number of piperidine rings is 1. The average molecular weight is 369 g/mol. The summed E-state index contributed by atoms with van der Waals surface area (Å²) >= 11 is 0. The van der Waals surface area contributed by atoms with Gasteiger partial charge in [0.15, 0.2) is 0 Å². The van der Waals surface area contributed by atoms with Gasteiger partial charge in [-0.05, 0) is 55.3 Å². The fraction of sp³-hybridized carbons (Fsp3) is 0.591. The second kappa shape index (κ2) is 9.00.